The van der Waals surface area contributed by atoms with E-state index in [1.807, 2.05) is 19.9 Å². The molecule has 2 aliphatic rings. The van der Waals surface area contributed by atoms with Crippen LogP contribution in [-0.2, 0) is 16.1 Å². The molecule has 1 N–H and O–H groups in total. The average molecular weight is 361 g/mol. The second-order valence-electron chi connectivity index (χ2n) is 8.65. The number of amides is 2. The third-order valence-corrected chi connectivity index (χ3v) is 6.08. The molecule has 26 heavy (non-hydrogen) atoms. The van der Waals surface area contributed by atoms with Gasteiger partial charge in [-0.05, 0) is 56.4 Å². The van der Waals surface area contributed by atoms with E-state index in [0.717, 1.165) is 30.9 Å². The minimum Gasteiger partial charge on any atom is -0.354 e. The number of aromatic nitrogens is 2. The second kappa shape index (κ2) is 7.41. The van der Waals surface area contributed by atoms with E-state index >= 15 is 0 Å². The Labute approximate surface area is 156 Å². The number of carbonyl (C=O) groups is 2. The van der Waals surface area contributed by atoms with Crippen LogP contribution in [-0.4, -0.2) is 46.1 Å². The van der Waals surface area contributed by atoms with Crippen molar-refractivity contribution in [2.75, 3.05) is 19.6 Å². The highest BCUT2D eigenvalue weighted by Gasteiger charge is 2.53. The molecule has 6 nitrogen and oxygen atoms in total. The lowest BCUT2D eigenvalue weighted by Gasteiger charge is -2.44. The number of nitrogens with one attached hydrogen (secondary N) is 1. The van der Waals surface area contributed by atoms with Crippen LogP contribution in [0.4, 0.5) is 0 Å². The van der Waals surface area contributed by atoms with Gasteiger partial charge in [-0.15, -0.1) is 0 Å². The third kappa shape index (κ3) is 3.94. The minimum absolute atomic E-state index is 0.00853. The summed E-state index contributed by atoms with van der Waals surface area (Å²) in [6.45, 7) is 10.8. The van der Waals surface area contributed by atoms with Crippen LogP contribution in [0.15, 0.2) is 6.07 Å². The zero-order valence-electron chi connectivity index (χ0n) is 16.5. The first-order chi connectivity index (χ1) is 12.3. The smallest absolute Gasteiger partial charge is 0.241 e. The molecule has 2 unspecified atom stereocenters. The summed E-state index contributed by atoms with van der Waals surface area (Å²) >= 11 is 0. The number of hydrogen-bond acceptors (Lipinski definition) is 3. The largest absolute Gasteiger partial charge is 0.354 e. The Hall–Kier alpha value is -1.85. The van der Waals surface area contributed by atoms with Crippen LogP contribution >= 0.6 is 0 Å². The van der Waals surface area contributed by atoms with Gasteiger partial charge in [-0.1, -0.05) is 13.8 Å². The maximum Gasteiger partial charge on any atom is 0.241 e. The fourth-order valence-corrected chi connectivity index (χ4v) is 4.51. The van der Waals surface area contributed by atoms with Gasteiger partial charge in [0.05, 0.1) is 5.69 Å². The van der Waals surface area contributed by atoms with E-state index in [2.05, 4.69) is 29.2 Å². The van der Waals surface area contributed by atoms with Gasteiger partial charge in [-0.25, -0.2) is 0 Å². The van der Waals surface area contributed by atoms with Gasteiger partial charge in [0.15, 0.2) is 0 Å². The van der Waals surface area contributed by atoms with Crippen LogP contribution < -0.4 is 5.32 Å². The van der Waals surface area contributed by atoms with Crippen molar-refractivity contribution >= 4 is 11.8 Å². The molecule has 1 aliphatic carbocycles. The minimum atomic E-state index is 0.00853. The number of rotatable bonds is 7. The normalized spacial score (nSPS) is 24.5. The Balaban J connectivity index is 1.46. The van der Waals surface area contributed by atoms with Crippen LogP contribution in [0.1, 0.15) is 50.9 Å². The first-order valence-electron chi connectivity index (χ1n) is 9.84. The second-order valence-corrected chi connectivity index (χ2v) is 8.65. The molecule has 3 rings (SSSR count). The molecule has 2 fully saturated rings. The van der Waals surface area contributed by atoms with Crippen molar-refractivity contribution in [1.82, 2.24) is 20.0 Å². The SMILES string of the molecule is Cc1cc(C)n(CC(=O)NCCC23CCC2CN(C(=O)CC(C)C)C3)n1. The van der Waals surface area contributed by atoms with E-state index in [0.29, 0.717) is 30.7 Å². The number of hydrogen-bond donors (Lipinski definition) is 1. The quantitative estimate of drug-likeness (QED) is 0.811. The van der Waals surface area contributed by atoms with Crippen LogP contribution in [0.3, 0.4) is 0 Å². The maximum atomic E-state index is 12.4. The molecular formula is C20H32N4O2. The average Bonchev–Trinajstić information content (AvgIpc) is 2.97. The van der Waals surface area contributed by atoms with E-state index in [4.69, 9.17) is 0 Å². The molecule has 1 saturated carbocycles. The Morgan fingerprint density at radius 1 is 1.38 bits per heavy atom. The summed E-state index contributed by atoms with van der Waals surface area (Å²) in [4.78, 5) is 26.7. The van der Waals surface area contributed by atoms with Crippen LogP contribution in [0.5, 0.6) is 0 Å². The standard InChI is InChI=1S/C20H32N4O2/c1-14(2)9-19(26)23-11-17-5-6-20(17,13-23)7-8-21-18(25)12-24-16(4)10-15(3)22-24/h10,14,17H,5-9,11-13H2,1-4H3,(H,21,25). The molecule has 0 spiro atoms. The topological polar surface area (TPSA) is 67.2 Å². The molecule has 0 aromatic carbocycles. The third-order valence-electron chi connectivity index (χ3n) is 6.08. The van der Waals surface area contributed by atoms with E-state index in [1.165, 1.54) is 12.8 Å². The van der Waals surface area contributed by atoms with Crippen molar-refractivity contribution < 1.29 is 9.59 Å². The molecule has 2 atom stereocenters. The summed E-state index contributed by atoms with van der Waals surface area (Å²) in [5.41, 5.74) is 2.17. The predicted molar refractivity (Wildman–Crippen MR) is 101 cm³/mol. The Kier molecular flexibility index (Phi) is 5.39. The Morgan fingerprint density at radius 3 is 2.73 bits per heavy atom. The van der Waals surface area contributed by atoms with Crippen molar-refractivity contribution in [2.24, 2.45) is 17.3 Å². The molecule has 0 bridgehead atoms. The predicted octanol–water partition coefficient (Wildman–Crippen LogP) is 2.29. The number of fused-ring (bicyclic) bond motifs is 1. The van der Waals surface area contributed by atoms with Gasteiger partial charge in [0.2, 0.25) is 11.8 Å². The molecule has 2 heterocycles. The number of aryl methyl sites for hydroxylation is 2. The summed E-state index contributed by atoms with van der Waals surface area (Å²) in [5, 5.41) is 7.38. The molecule has 1 saturated heterocycles. The molecule has 6 heteroatoms. The molecule has 0 radical (unpaired) electrons. The first kappa shape index (κ1) is 18.9. The van der Waals surface area contributed by atoms with Gasteiger partial charge in [-0.2, -0.15) is 5.10 Å². The van der Waals surface area contributed by atoms with Crippen LogP contribution in [0, 0.1) is 31.1 Å². The van der Waals surface area contributed by atoms with Gasteiger partial charge in [0, 0.05) is 31.7 Å². The fourth-order valence-electron chi connectivity index (χ4n) is 4.51. The highest BCUT2D eigenvalue weighted by Crippen LogP contribution is 2.54. The monoisotopic (exact) mass is 360 g/mol. The molecule has 1 aromatic rings. The van der Waals surface area contributed by atoms with Crippen LogP contribution in [0.25, 0.3) is 0 Å². The van der Waals surface area contributed by atoms with Gasteiger partial charge < -0.3 is 10.2 Å². The van der Waals surface area contributed by atoms with Crippen molar-refractivity contribution in [3.63, 3.8) is 0 Å². The zero-order valence-corrected chi connectivity index (χ0v) is 16.5. The fraction of sp³-hybridized carbons (Fsp3) is 0.750. The summed E-state index contributed by atoms with van der Waals surface area (Å²) in [5.74, 6) is 1.33. The lowest BCUT2D eigenvalue weighted by molar-refractivity contribution is -0.131. The van der Waals surface area contributed by atoms with Crippen molar-refractivity contribution in [2.45, 2.75) is 59.9 Å². The van der Waals surface area contributed by atoms with Crippen molar-refractivity contribution in [3.8, 4) is 0 Å². The van der Waals surface area contributed by atoms with Gasteiger partial charge >= 0.3 is 0 Å². The number of nitrogens with zero attached hydrogens (tertiary/aromatic N) is 3. The van der Waals surface area contributed by atoms with Gasteiger partial charge in [0.25, 0.3) is 0 Å². The summed E-state index contributed by atoms with van der Waals surface area (Å²) in [6, 6.07) is 1.98. The van der Waals surface area contributed by atoms with E-state index in [9.17, 15) is 9.59 Å². The van der Waals surface area contributed by atoms with Crippen molar-refractivity contribution in [1.29, 1.82) is 0 Å². The highest BCUT2D eigenvalue weighted by molar-refractivity contribution is 5.77. The van der Waals surface area contributed by atoms with E-state index < -0.39 is 0 Å². The molecule has 1 aliphatic heterocycles. The molecular weight excluding hydrogens is 328 g/mol. The molecule has 2 amide bonds. The maximum absolute atomic E-state index is 12.4. The molecule has 1 aromatic heterocycles. The molecule has 144 valence electrons. The first-order valence-corrected chi connectivity index (χ1v) is 9.84. The van der Waals surface area contributed by atoms with Crippen LogP contribution in [0.2, 0.25) is 0 Å². The lowest BCUT2D eigenvalue weighted by Crippen LogP contribution is -2.43. The highest BCUT2D eigenvalue weighted by atomic mass is 16.2. The summed E-state index contributed by atoms with van der Waals surface area (Å²) < 4.78 is 1.75. The lowest BCUT2D eigenvalue weighted by atomic mass is 9.60. The number of likely N-dealkylation sites (tertiary alicyclic amines) is 1. The van der Waals surface area contributed by atoms with Crippen molar-refractivity contribution in [3.05, 3.63) is 17.5 Å². The van der Waals surface area contributed by atoms with Gasteiger partial charge in [-0.3, -0.25) is 14.3 Å². The summed E-state index contributed by atoms with van der Waals surface area (Å²) in [7, 11) is 0. The van der Waals surface area contributed by atoms with E-state index in [1.54, 1.807) is 4.68 Å². The number of carbonyl (C=O) groups excluding carboxylic acids is 2. The Morgan fingerprint density at radius 2 is 2.15 bits per heavy atom. The Bertz CT molecular complexity index is 681. The summed E-state index contributed by atoms with van der Waals surface area (Å²) in [6.07, 6.45) is 4.00. The van der Waals surface area contributed by atoms with Gasteiger partial charge in [0.1, 0.15) is 6.54 Å². The zero-order chi connectivity index (χ0) is 18.9. The van der Waals surface area contributed by atoms with E-state index in [-0.39, 0.29) is 17.9 Å².